The van der Waals surface area contributed by atoms with Crippen LogP contribution in [0.3, 0.4) is 0 Å². The first kappa shape index (κ1) is 19.2. The van der Waals surface area contributed by atoms with Crippen molar-refractivity contribution >= 4 is 45.7 Å². The molecule has 0 radical (unpaired) electrons. The van der Waals surface area contributed by atoms with Gasteiger partial charge in [-0.15, -0.1) is 0 Å². The largest absolute Gasteiger partial charge is 0.242 e. The smallest absolute Gasteiger partial charge is 0.0685 e. The molecule has 3 aromatic carbocycles. The van der Waals surface area contributed by atoms with E-state index in [1.807, 2.05) is 0 Å². The molecule has 0 aliphatic carbocycles. The van der Waals surface area contributed by atoms with Gasteiger partial charge in [0.15, 0.2) is 0 Å². The van der Waals surface area contributed by atoms with Gasteiger partial charge in [0.25, 0.3) is 0 Å². The molecule has 0 aliphatic heterocycles. The Morgan fingerprint density at radius 1 is 0.577 bits per heavy atom. The van der Waals surface area contributed by atoms with Crippen molar-refractivity contribution in [2.75, 3.05) is 0 Å². The maximum Gasteiger partial charge on any atom is 0.242 e. The van der Waals surface area contributed by atoms with Crippen molar-refractivity contribution in [1.82, 2.24) is 0 Å². The van der Waals surface area contributed by atoms with Crippen LogP contribution in [0.4, 0.5) is 0 Å². The highest BCUT2D eigenvalue weighted by atomic mass is 127. The third-order valence-corrected chi connectivity index (χ3v) is 5.98. The quantitative estimate of drug-likeness (QED) is 0.401. The second-order valence-electron chi connectivity index (χ2n) is 7.61. The van der Waals surface area contributed by atoms with Crippen LogP contribution in [0.2, 0.25) is 0 Å². The zero-order valence-electron chi connectivity index (χ0n) is 16.6. The summed E-state index contributed by atoms with van der Waals surface area (Å²) in [7, 11) is 0. The first-order valence-corrected chi connectivity index (χ1v) is 10.3. The highest BCUT2D eigenvalue weighted by Crippen LogP contribution is 2.13. The molecule has 0 bridgehead atoms. The molecule has 0 atom stereocenters. The minimum absolute atomic E-state index is 0.271. The molecule has 0 saturated heterocycles. The van der Waals surface area contributed by atoms with Gasteiger partial charge < -0.3 is 0 Å². The van der Waals surface area contributed by atoms with E-state index in [-0.39, 0.29) is 6.71 Å². The first-order chi connectivity index (χ1) is 12.3. The fraction of sp³-hybridized carbons (Fsp3) is 0.250. The summed E-state index contributed by atoms with van der Waals surface area (Å²) in [6, 6.07) is 18.3. The van der Waals surface area contributed by atoms with Crippen LogP contribution in [0.15, 0.2) is 48.5 Å². The molecule has 26 heavy (non-hydrogen) atoms. The van der Waals surface area contributed by atoms with Gasteiger partial charge >= 0.3 is 0 Å². The molecule has 0 unspecified atom stereocenters. The van der Waals surface area contributed by atoms with Gasteiger partial charge in [-0.25, -0.2) is 0 Å². The number of rotatable bonds is 3. The fourth-order valence-electron chi connectivity index (χ4n) is 4.43. The van der Waals surface area contributed by atoms with Gasteiger partial charge in [0.05, 0.1) is 0 Å². The van der Waals surface area contributed by atoms with E-state index in [0.717, 1.165) is 0 Å². The normalized spacial score (nSPS) is 10.9. The van der Waals surface area contributed by atoms with Crippen LogP contribution in [-0.2, 0) is 0 Å². The van der Waals surface area contributed by atoms with Crippen molar-refractivity contribution in [1.29, 1.82) is 0 Å². The molecule has 0 N–H and O–H groups in total. The van der Waals surface area contributed by atoms with E-state index >= 15 is 0 Å². The van der Waals surface area contributed by atoms with Crippen molar-refractivity contribution in [3.8, 4) is 0 Å². The number of aryl methyl sites for hydroxylation is 6. The Morgan fingerprint density at radius 3 is 1.27 bits per heavy atom. The highest BCUT2D eigenvalue weighted by Gasteiger charge is 2.28. The molecule has 132 valence electrons. The van der Waals surface area contributed by atoms with Gasteiger partial charge in [-0.1, -0.05) is 86.2 Å². The summed E-state index contributed by atoms with van der Waals surface area (Å²) in [5.41, 5.74) is 12.5. The van der Waals surface area contributed by atoms with Gasteiger partial charge in [-0.05, 0) is 76.3 Å². The van der Waals surface area contributed by atoms with E-state index in [9.17, 15) is 0 Å². The summed E-state index contributed by atoms with van der Waals surface area (Å²) >= 11 is 2.38. The van der Waals surface area contributed by atoms with Crippen molar-refractivity contribution in [2.45, 2.75) is 41.5 Å². The molecule has 0 amide bonds. The zero-order chi connectivity index (χ0) is 19.0. The molecule has 0 nitrogen and oxygen atoms in total. The SMILES string of the molecule is Cc1cc(C)c(B(c2ccc(I)cc2)c2c(C)cc(C)cc2C)c(C)c1. The van der Waals surface area contributed by atoms with E-state index in [1.54, 1.807) is 0 Å². The van der Waals surface area contributed by atoms with E-state index in [2.05, 4.69) is 113 Å². The van der Waals surface area contributed by atoms with E-state index in [1.165, 1.54) is 53.3 Å². The van der Waals surface area contributed by atoms with Gasteiger partial charge in [-0.3, -0.25) is 0 Å². The van der Waals surface area contributed by atoms with E-state index < -0.39 is 0 Å². The van der Waals surface area contributed by atoms with Crippen molar-refractivity contribution in [3.63, 3.8) is 0 Å². The Morgan fingerprint density at radius 2 is 0.923 bits per heavy atom. The lowest BCUT2D eigenvalue weighted by atomic mass is 9.34. The molecule has 0 saturated carbocycles. The van der Waals surface area contributed by atoms with E-state index in [4.69, 9.17) is 0 Å². The molecule has 2 heteroatoms. The lowest BCUT2D eigenvalue weighted by Gasteiger charge is -2.24. The summed E-state index contributed by atoms with van der Waals surface area (Å²) in [6.45, 7) is 13.7. The van der Waals surface area contributed by atoms with Crippen LogP contribution in [0.25, 0.3) is 0 Å². The Hall–Kier alpha value is -1.55. The standard InChI is InChI=1S/C24H26BI/c1-15-11-17(3)23(18(4)12-15)25(21-7-9-22(26)10-8-21)24-19(5)13-16(2)14-20(24)6/h7-14H,1-6H3. The predicted octanol–water partition coefficient (Wildman–Crippen LogP) is 4.66. The number of hydrogen-bond acceptors (Lipinski definition) is 0. The molecule has 0 heterocycles. The third kappa shape index (κ3) is 3.76. The molecule has 0 aliphatic rings. The summed E-state index contributed by atoms with van der Waals surface area (Å²) in [5, 5.41) is 0. The van der Waals surface area contributed by atoms with Crippen molar-refractivity contribution in [2.24, 2.45) is 0 Å². The summed E-state index contributed by atoms with van der Waals surface area (Å²) in [6.07, 6.45) is 0. The zero-order valence-corrected chi connectivity index (χ0v) is 18.7. The Bertz CT molecular complexity index is 851. The lowest BCUT2D eigenvalue weighted by Crippen LogP contribution is -2.55. The van der Waals surface area contributed by atoms with Crippen molar-refractivity contribution in [3.05, 3.63) is 85.5 Å². The molecular weight excluding hydrogens is 426 g/mol. The van der Waals surface area contributed by atoms with Crippen LogP contribution in [0.1, 0.15) is 33.4 Å². The Labute approximate surface area is 172 Å². The number of hydrogen-bond donors (Lipinski definition) is 0. The third-order valence-electron chi connectivity index (χ3n) is 5.26. The molecule has 3 rings (SSSR count). The Kier molecular flexibility index (Phi) is 5.62. The van der Waals surface area contributed by atoms with Crippen LogP contribution in [-0.4, -0.2) is 6.71 Å². The molecule has 0 fully saturated rings. The molecular formula is C24H26BI. The monoisotopic (exact) mass is 452 g/mol. The average Bonchev–Trinajstić information content (AvgIpc) is 2.52. The van der Waals surface area contributed by atoms with Gasteiger partial charge in [-0.2, -0.15) is 0 Å². The van der Waals surface area contributed by atoms with Crippen LogP contribution >= 0.6 is 22.6 Å². The number of halogens is 1. The summed E-state index contributed by atoms with van der Waals surface area (Å²) in [5.74, 6) is 0. The fourth-order valence-corrected chi connectivity index (χ4v) is 4.79. The van der Waals surface area contributed by atoms with Crippen LogP contribution in [0.5, 0.6) is 0 Å². The minimum Gasteiger partial charge on any atom is -0.0685 e. The second-order valence-corrected chi connectivity index (χ2v) is 8.85. The minimum atomic E-state index is 0.271. The molecule has 0 aromatic heterocycles. The summed E-state index contributed by atoms with van der Waals surface area (Å²) < 4.78 is 1.28. The molecule has 3 aromatic rings. The molecule has 0 spiro atoms. The highest BCUT2D eigenvalue weighted by molar-refractivity contribution is 14.1. The van der Waals surface area contributed by atoms with Crippen LogP contribution < -0.4 is 16.4 Å². The average molecular weight is 452 g/mol. The van der Waals surface area contributed by atoms with Gasteiger partial charge in [0.1, 0.15) is 0 Å². The lowest BCUT2D eigenvalue weighted by molar-refractivity contribution is 1.34. The summed E-state index contributed by atoms with van der Waals surface area (Å²) in [4.78, 5) is 0. The predicted molar refractivity (Wildman–Crippen MR) is 125 cm³/mol. The maximum absolute atomic E-state index is 2.38. The van der Waals surface area contributed by atoms with E-state index in [0.29, 0.717) is 0 Å². The Balaban J connectivity index is 2.34. The van der Waals surface area contributed by atoms with Crippen molar-refractivity contribution < 1.29 is 0 Å². The van der Waals surface area contributed by atoms with Gasteiger partial charge in [0.2, 0.25) is 6.71 Å². The second kappa shape index (κ2) is 7.60. The maximum atomic E-state index is 2.38. The first-order valence-electron chi connectivity index (χ1n) is 9.19. The van der Waals surface area contributed by atoms with Gasteiger partial charge in [0, 0.05) is 3.57 Å². The topological polar surface area (TPSA) is 0 Å². The number of benzene rings is 3. The van der Waals surface area contributed by atoms with Crippen LogP contribution in [0, 0.1) is 45.1 Å².